The first-order valence-electron chi connectivity index (χ1n) is 5.39. The number of benzene rings is 2. The van der Waals surface area contributed by atoms with Gasteiger partial charge in [0.25, 0.3) is 0 Å². The molecule has 2 rings (SSSR count). The lowest BCUT2D eigenvalue weighted by molar-refractivity contribution is 0.0992. The minimum Gasteiger partial charge on any atom is -0.294 e. The van der Waals surface area contributed by atoms with E-state index in [0.29, 0.717) is 5.02 Å². The van der Waals surface area contributed by atoms with Gasteiger partial charge in [0, 0.05) is 17.0 Å². The average Bonchev–Trinajstić information content (AvgIpc) is 2.36. The van der Waals surface area contributed by atoms with Crippen molar-refractivity contribution in [2.75, 3.05) is 0 Å². The first-order valence-corrected chi connectivity index (χ1v) is 6.15. The Morgan fingerprint density at radius 2 is 1.58 bits per heavy atom. The molecule has 1 nitrogen and oxygen atoms in total. The molecule has 0 N–H and O–H groups in total. The van der Waals surface area contributed by atoms with Crippen LogP contribution in [-0.2, 0) is 6.42 Å². The van der Waals surface area contributed by atoms with Crippen LogP contribution in [0.2, 0.25) is 10.0 Å². The molecule has 2 aromatic carbocycles. The second-order valence-electron chi connectivity index (χ2n) is 3.97. The van der Waals surface area contributed by atoms with Gasteiger partial charge >= 0.3 is 0 Å². The Morgan fingerprint density at radius 1 is 1.00 bits per heavy atom. The Hall–Kier alpha value is -1.45. The smallest absolute Gasteiger partial charge is 0.168 e. The minimum absolute atomic E-state index is 0.0319. The fraction of sp³-hybridized carbons (Fsp3) is 0.0714. The number of rotatable bonds is 3. The van der Waals surface area contributed by atoms with E-state index >= 15 is 0 Å². The summed E-state index contributed by atoms with van der Waals surface area (Å²) in [5.74, 6) is -2.55. The summed E-state index contributed by atoms with van der Waals surface area (Å²) in [4.78, 5) is 12.0. The van der Waals surface area contributed by atoms with Gasteiger partial charge in [-0.2, -0.15) is 0 Å². The fourth-order valence-corrected chi connectivity index (χ4v) is 2.00. The van der Waals surface area contributed by atoms with E-state index in [9.17, 15) is 13.6 Å². The molecule has 0 bridgehead atoms. The van der Waals surface area contributed by atoms with Gasteiger partial charge in [-0.05, 0) is 29.8 Å². The molecule has 0 radical (unpaired) electrons. The molecule has 0 heterocycles. The molecule has 0 amide bonds. The number of Topliss-reactive ketones (excluding diaryl/α,β-unsaturated/α-hetero) is 1. The van der Waals surface area contributed by atoms with Gasteiger partial charge in [-0.1, -0.05) is 35.3 Å². The summed E-state index contributed by atoms with van der Waals surface area (Å²) in [5.41, 5.74) is 0.686. The van der Waals surface area contributed by atoms with Crippen LogP contribution in [0.25, 0.3) is 0 Å². The highest BCUT2D eigenvalue weighted by atomic mass is 35.5. The van der Waals surface area contributed by atoms with Crippen LogP contribution in [0.1, 0.15) is 15.9 Å². The highest BCUT2D eigenvalue weighted by Crippen LogP contribution is 2.22. The number of carbonyl (C=O) groups is 1. The molecule has 2 aromatic rings. The number of hydrogen-bond acceptors (Lipinski definition) is 1. The molecule has 0 aromatic heterocycles. The fourth-order valence-electron chi connectivity index (χ4n) is 1.62. The SMILES string of the molecule is O=C(Cc1ccc(Cl)cc1)c1cc(F)c(F)cc1Cl. The molecule has 98 valence electrons. The van der Waals surface area contributed by atoms with Crippen molar-refractivity contribution >= 4 is 29.0 Å². The average molecular weight is 301 g/mol. The van der Waals surface area contributed by atoms with Gasteiger partial charge in [-0.3, -0.25) is 4.79 Å². The molecule has 0 aliphatic carbocycles. The molecule has 0 saturated heterocycles. The van der Waals surface area contributed by atoms with Crippen molar-refractivity contribution in [3.05, 3.63) is 69.2 Å². The molecule has 0 atom stereocenters. The van der Waals surface area contributed by atoms with Crippen molar-refractivity contribution in [1.29, 1.82) is 0 Å². The van der Waals surface area contributed by atoms with Gasteiger partial charge in [0.1, 0.15) is 0 Å². The van der Waals surface area contributed by atoms with Gasteiger partial charge in [0.15, 0.2) is 17.4 Å². The molecule has 0 fully saturated rings. The van der Waals surface area contributed by atoms with Crippen LogP contribution >= 0.6 is 23.2 Å². The summed E-state index contributed by atoms with van der Waals surface area (Å²) < 4.78 is 26.0. The van der Waals surface area contributed by atoms with E-state index in [1.807, 2.05) is 0 Å². The normalized spacial score (nSPS) is 10.5. The van der Waals surface area contributed by atoms with Crippen molar-refractivity contribution in [2.24, 2.45) is 0 Å². The van der Waals surface area contributed by atoms with Crippen LogP contribution < -0.4 is 0 Å². The van der Waals surface area contributed by atoms with E-state index in [1.54, 1.807) is 24.3 Å². The molecular weight excluding hydrogens is 293 g/mol. The lowest BCUT2D eigenvalue weighted by Gasteiger charge is -2.05. The van der Waals surface area contributed by atoms with Crippen molar-refractivity contribution in [2.45, 2.75) is 6.42 Å². The number of ketones is 1. The summed E-state index contributed by atoms with van der Waals surface area (Å²) >= 11 is 11.5. The maximum atomic E-state index is 13.1. The molecule has 0 saturated carbocycles. The van der Waals surface area contributed by atoms with Crippen molar-refractivity contribution in [3.63, 3.8) is 0 Å². The molecule has 0 spiro atoms. The summed E-state index contributed by atoms with van der Waals surface area (Å²) in [6.45, 7) is 0. The molecule has 0 aliphatic heterocycles. The van der Waals surface area contributed by atoms with Gasteiger partial charge in [-0.25, -0.2) is 8.78 Å². The Balaban J connectivity index is 2.25. The molecule has 0 aliphatic rings. The molecule has 5 heteroatoms. The summed E-state index contributed by atoms with van der Waals surface area (Å²) in [7, 11) is 0. The number of carbonyl (C=O) groups excluding carboxylic acids is 1. The minimum atomic E-state index is -1.09. The predicted molar refractivity (Wildman–Crippen MR) is 70.9 cm³/mol. The first kappa shape index (κ1) is 14.0. The van der Waals surface area contributed by atoms with E-state index in [4.69, 9.17) is 23.2 Å². The third kappa shape index (κ3) is 3.31. The topological polar surface area (TPSA) is 17.1 Å². The van der Waals surface area contributed by atoms with Crippen LogP contribution in [0.5, 0.6) is 0 Å². The lowest BCUT2D eigenvalue weighted by atomic mass is 10.0. The largest absolute Gasteiger partial charge is 0.294 e. The Bertz CT molecular complexity index is 624. The lowest BCUT2D eigenvalue weighted by Crippen LogP contribution is -2.05. The van der Waals surface area contributed by atoms with Gasteiger partial charge < -0.3 is 0 Å². The van der Waals surface area contributed by atoms with E-state index in [0.717, 1.165) is 17.7 Å². The van der Waals surface area contributed by atoms with Crippen LogP contribution in [0.15, 0.2) is 36.4 Å². The zero-order chi connectivity index (χ0) is 14.0. The van der Waals surface area contributed by atoms with Crippen molar-refractivity contribution < 1.29 is 13.6 Å². The Labute approximate surface area is 118 Å². The zero-order valence-electron chi connectivity index (χ0n) is 9.59. The maximum absolute atomic E-state index is 13.1. The predicted octanol–water partition coefficient (Wildman–Crippen LogP) is 4.70. The van der Waals surface area contributed by atoms with Gasteiger partial charge in [0.05, 0.1) is 5.02 Å². The first-order chi connectivity index (χ1) is 8.97. The number of halogens is 4. The van der Waals surface area contributed by atoms with E-state index in [-0.39, 0.29) is 22.8 Å². The van der Waals surface area contributed by atoms with E-state index < -0.39 is 11.6 Å². The third-order valence-corrected chi connectivity index (χ3v) is 3.15. The summed E-state index contributed by atoms with van der Waals surface area (Å²) in [6, 6.07) is 8.29. The van der Waals surface area contributed by atoms with Crippen molar-refractivity contribution in [3.8, 4) is 0 Å². The number of hydrogen-bond donors (Lipinski definition) is 0. The van der Waals surface area contributed by atoms with Crippen LogP contribution in [0.3, 0.4) is 0 Å². The van der Waals surface area contributed by atoms with Gasteiger partial charge in [0.2, 0.25) is 0 Å². The zero-order valence-corrected chi connectivity index (χ0v) is 11.1. The summed E-state index contributed by atoms with van der Waals surface area (Å²) in [5, 5.41) is 0.458. The second kappa shape index (κ2) is 5.68. The monoisotopic (exact) mass is 300 g/mol. The van der Waals surface area contributed by atoms with E-state index in [1.165, 1.54) is 0 Å². The Kier molecular flexibility index (Phi) is 4.17. The quantitative estimate of drug-likeness (QED) is 0.593. The van der Waals surface area contributed by atoms with E-state index in [2.05, 4.69) is 0 Å². The maximum Gasteiger partial charge on any atom is 0.168 e. The summed E-state index contributed by atoms with van der Waals surface area (Å²) in [6.07, 6.45) is 0.0436. The van der Waals surface area contributed by atoms with Gasteiger partial charge in [-0.15, -0.1) is 0 Å². The molecule has 0 unspecified atom stereocenters. The molecular formula is C14H8Cl2F2O. The standard InChI is InChI=1S/C14H8Cl2F2O/c15-9-3-1-8(2-4-9)5-14(19)10-6-12(17)13(18)7-11(10)16/h1-4,6-7H,5H2. The highest BCUT2D eigenvalue weighted by Gasteiger charge is 2.15. The van der Waals surface area contributed by atoms with Crippen LogP contribution in [0.4, 0.5) is 8.78 Å². The Morgan fingerprint density at radius 3 is 2.21 bits per heavy atom. The van der Waals surface area contributed by atoms with Crippen LogP contribution in [0, 0.1) is 11.6 Å². The molecule has 19 heavy (non-hydrogen) atoms. The second-order valence-corrected chi connectivity index (χ2v) is 4.82. The third-order valence-electron chi connectivity index (χ3n) is 2.59. The van der Waals surface area contributed by atoms with Crippen LogP contribution in [-0.4, -0.2) is 5.78 Å². The van der Waals surface area contributed by atoms with Crippen molar-refractivity contribution in [1.82, 2.24) is 0 Å². The highest BCUT2D eigenvalue weighted by molar-refractivity contribution is 6.34.